The first kappa shape index (κ1) is 44.1. The second-order valence-electron chi connectivity index (χ2n) is 14.3. The molecule has 63 heavy (non-hydrogen) atoms. The van der Waals surface area contributed by atoms with E-state index >= 15 is 0 Å². The minimum Gasteiger partial charge on any atom is -0.497 e. The molecule has 0 radical (unpaired) electrons. The molecule has 4 aromatic carbocycles. The molecule has 2 amide bonds. The fourth-order valence-electron chi connectivity index (χ4n) is 7.23. The van der Waals surface area contributed by atoms with Crippen LogP contribution in [-0.2, 0) is 22.7 Å². The van der Waals surface area contributed by atoms with Gasteiger partial charge in [0, 0.05) is 73.7 Å². The summed E-state index contributed by atoms with van der Waals surface area (Å²) in [6.07, 6.45) is 6.15. The average molecular weight is 902 g/mol. The number of carbonyl (C=O) groups is 4. The van der Waals surface area contributed by atoms with Gasteiger partial charge < -0.3 is 29.2 Å². The second kappa shape index (κ2) is 19.4. The summed E-state index contributed by atoms with van der Waals surface area (Å²) in [6, 6.07) is 30.5. The summed E-state index contributed by atoms with van der Waals surface area (Å²) in [6.45, 7) is 4.58. The predicted octanol–water partition coefficient (Wildman–Crippen LogP) is 10.4. The highest BCUT2D eigenvalue weighted by Crippen LogP contribution is 2.33. The van der Waals surface area contributed by atoms with Crippen molar-refractivity contribution in [3.63, 3.8) is 0 Å². The number of aromatic nitrogens is 4. The molecule has 0 bridgehead atoms. The zero-order valence-electron chi connectivity index (χ0n) is 34.4. The monoisotopic (exact) mass is 900 g/mol. The van der Waals surface area contributed by atoms with E-state index in [1.807, 2.05) is 70.7 Å². The Morgan fingerprint density at radius 2 is 1.06 bits per heavy atom. The number of anilines is 2. The summed E-state index contributed by atoms with van der Waals surface area (Å²) in [4.78, 5) is 59.8. The maximum atomic E-state index is 13.2. The second-order valence-corrected chi connectivity index (χ2v) is 15.6. The number of hydrogen-bond donors (Lipinski definition) is 2. The van der Waals surface area contributed by atoms with E-state index in [-0.39, 0.29) is 0 Å². The van der Waals surface area contributed by atoms with E-state index in [0.717, 1.165) is 22.2 Å². The summed E-state index contributed by atoms with van der Waals surface area (Å²) >= 11 is 18.4. The lowest BCUT2D eigenvalue weighted by atomic mass is 10.1. The Balaban J connectivity index is 0.000000189. The Morgan fingerprint density at radius 3 is 1.51 bits per heavy atom. The number of pyridine rings is 2. The molecule has 8 aromatic rings. The van der Waals surface area contributed by atoms with Crippen molar-refractivity contribution in [3.8, 4) is 11.5 Å². The van der Waals surface area contributed by atoms with E-state index in [4.69, 9.17) is 44.3 Å². The molecule has 4 aromatic heterocycles. The summed E-state index contributed by atoms with van der Waals surface area (Å²) in [7, 11) is 3.12. The van der Waals surface area contributed by atoms with Crippen LogP contribution in [0.4, 0.5) is 11.4 Å². The molecule has 0 aliphatic heterocycles. The Hall–Kier alpha value is -6.99. The van der Waals surface area contributed by atoms with Crippen LogP contribution in [-0.4, -0.2) is 56.7 Å². The molecule has 12 nitrogen and oxygen atoms in total. The van der Waals surface area contributed by atoms with Crippen molar-refractivity contribution in [2.75, 3.05) is 24.9 Å². The zero-order chi connectivity index (χ0) is 44.8. The van der Waals surface area contributed by atoms with E-state index in [0.29, 0.717) is 84.3 Å². The topological polar surface area (TPSA) is 146 Å². The molecule has 0 atom stereocenters. The number of carbonyl (C=O) groups excluding carboxylic acids is 4. The fourth-order valence-corrected chi connectivity index (χ4v) is 7.82. The number of fused-ring (bicyclic) bond motifs is 2. The molecule has 0 saturated heterocycles. The van der Waals surface area contributed by atoms with Gasteiger partial charge in [0.2, 0.25) is 0 Å². The molecular formula is C48H39Cl3N6O6. The van der Waals surface area contributed by atoms with Gasteiger partial charge in [0.25, 0.3) is 23.4 Å². The highest BCUT2D eigenvalue weighted by atomic mass is 35.5. The minimum atomic E-state index is -0.743. The lowest BCUT2D eigenvalue weighted by molar-refractivity contribution is -0.113. The van der Waals surface area contributed by atoms with Gasteiger partial charge in [-0.15, -0.1) is 0 Å². The summed E-state index contributed by atoms with van der Waals surface area (Å²) in [5, 5.41) is 8.24. The third kappa shape index (κ3) is 9.74. The number of nitrogens with zero attached hydrogens (tertiary/aromatic N) is 4. The molecule has 318 valence electrons. The van der Waals surface area contributed by atoms with Gasteiger partial charge in [-0.2, -0.15) is 0 Å². The van der Waals surface area contributed by atoms with Gasteiger partial charge in [-0.05, 0) is 110 Å². The lowest BCUT2D eigenvalue weighted by Gasteiger charge is -2.11. The number of amides is 2. The molecule has 0 saturated carbocycles. The first-order valence-electron chi connectivity index (χ1n) is 19.4. The average Bonchev–Trinajstić information content (AvgIpc) is 3.72. The third-order valence-electron chi connectivity index (χ3n) is 10.4. The number of Topliss-reactive ketones (excluding diaryl/α,β-unsaturated/α-hetero) is 2. The highest BCUT2D eigenvalue weighted by molar-refractivity contribution is 6.49. The quantitative estimate of drug-likeness (QED) is 0.0910. The van der Waals surface area contributed by atoms with Crippen LogP contribution in [0.5, 0.6) is 11.5 Å². The summed E-state index contributed by atoms with van der Waals surface area (Å²) in [5.74, 6) is -1.53. The van der Waals surface area contributed by atoms with Crippen LogP contribution < -0.4 is 20.1 Å². The molecule has 0 unspecified atom stereocenters. The van der Waals surface area contributed by atoms with Crippen LogP contribution in [0.25, 0.3) is 21.8 Å². The van der Waals surface area contributed by atoms with Gasteiger partial charge in [-0.3, -0.25) is 29.1 Å². The van der Waals surface area contributed by atoms with E-state index in [1.54, 1.807) is 82.1 Å². The molecule has 15 heteroatoms. The standard InChI is InChI=1S/C24H19Cl2N3O3.C24H20ClN3O3/c1-14-22(23(30)24(31)28-17-4-3-9-27-12-17)19-11-18(32-2)7-8-21(19)29(14)13-15-5-6-16(25)10-20(15)26;1-15-22(23(29)24(30)27-18-4-3-11-26-13-18)20-12-19(31-2)9-10-21(20)28(15)14-16-5-7-17(25)8-6-16/h3-12H,13H2,1-2H3,(H,28,31);3-13H,14H2,1-2H3,(H,27,30). The van der Waals surface area contributed by atoms with Crippen LogP contribution in [0.1, 0.15) is 43.2 Å². The van der Waals surface area contributed by atoms with Crippen molar-refractivity contribution in [2.45, 2.75) is 26.9 Å². The Labute approximate surface area is 377 Å². The maximum absolute atomic E-state index is 13.2. The molecule has 2 N–H and O–H groups in total. The smallest absolute Gasteiger partial charge is 0.296 e. The van der Waals surface area contributed by atoms with Crippen molar-refractivity contribution >= 4 is 91.4 Å². The van der Waals surface area contributed by atoms with E-state index in [2.05, 4.69) is 20.6 Å². The van der Waals surface area contributed by atoms with Gasteiger partial charge >= 0.3 is 0 Å². The number of methoxy groups -OCH3 is 2. The number of rotatable bonds is 12. The molecule has 8 rings (SSSR count). The molecule has 0 fully saturated rings. The molecular weight excluding hydrogens is 863 g/mol. The van der Waals surface area contributed by atoms with Crippen molar-refractivity contribution in [1.82, 2.24) is 19.1 Å². The lowest BCUT2D eigenvalue weighted by Crippen LogP contribution is -2.23. The maximum Gasteiger partial charge on any atom is 0.296 e. The fraction of sp³-hybridized carbons (Fsp3) is 0.125. The Morgan fingerprint density at radius 1 is 0.587 bits per heavy atom. The van der Waals surface area contributed by atoms with Crippen LogP contribution in [0.3, 0.4) is 0 Å². The molecule has 4 heterocycles. The molecule has 0 aliphatic rings. The number of hydrogen-bond acceptors (Lipinski definition) is 8. The number of nitrogens with one attached hydrogen (secondary N) is 2. The van der Waals surface area contributed by atoms with E-state index in [1.165, 1.54) is 12.4 Å². The van der Waals surface area contributed by atoms with Gasteiger partial charge in [0.1, 0.15) is 11.5 Å². The first-order valence-corrected chi connectivity index (χ1v) is 20.5. The highest BCUT2D eigenvalue weighted by Gasteiger charge is 2.28. The van der Waals surface area contributed by atoms with E-state index in [9.17, 15) is 19.2 Å². The number of benzene rings is 4. The van der Waals surface area contributed by atoms with E-state index < -0.39 is 23.4 Å². The van der Waals surface area contributed by atoms with Gasteiger partial charge in [-0.1, -0.05) is 53.0 Å². The third-order valence-corrected chi connectivity index (χ3v) is 11.2. The first-order chi connectivity index (χ1) is 30.4. The van der Waals surface area contributed by atoms with Crippen LogP contribution in [0.15, 0.2) is 128 Å². The zero-order valence-corrected chi connectivity index (χ0v) is 36.7. The number of halogens is 3. The SMILES string of the molecule is COc1ccc2c(c1)c(C(=O)C(=O)Nc1cccnc1)c(C)n2Cc1ccc(Cl)cc1.COc1ccc2c(c1)c(C(=O)C(=O)Nc1cccnc1)c(C)n2Cc1ccc(Cl)cc1Cl. The van der Waals surface area contributed by atoms with Gasteiger partial charge in [-0.25, -0.2) is 0 Å². The van der Waals surface area contributed by atoms with Crippen LogP contribution in [0, 0.1) is 13.8 Å². The Kier molecular flexibility index (Phi) is 13.6. The summed E-state index contributed by atoms with van der Waals surface area (Å²) < 4.78 is 14.7. The molecule has 0 spiro atoms. The van der Waals surface area contributed by atoms with Gasteiger partial charge in [0.15, 0.2) is 0 Å². The summed E-state index contributed by atoms with van der Waals surface area (Å²) in [5.41, 5.74) is 6.39. The van der Waals surface area contributed by atoms with Crippen molar-refractivity contribution in [1.29, 1.82) is 0 Å². The predicted molar refractivity (Wildman–Crippen MR) is 247 cm³/mol. The van der Waals surface area contributed by atoms with Gasteiger partial charge in [0.05, 0.1) is 49.1 Å². The van der Waals surface area contributed by atoms with Crippen molar-refractivity contribution in [3.05, 3.63) is 177 Å². The number of ether oxygens (including phenoxy) is 2. The minimum absolute atomic E-state index is 0.311. The van der Waals surface area contributed by atoms with Crippen LogP contribution in [0.2, 0.25) is 15.1 Å². The van der Waals surface area contributed by atoms with Crippen LogP contribution >= 0.6 is 34.8 Å². The van der Waals surface area contributed by atoms with Crippen molar-refractivity contribution < 1.29 is 28.7 Å². The largest absolute Gasteiger partial charge is 0.497 e. The Bertz CT molecular complexity index is 3010. The molecule has 0 aliphatic carbocycles. The number of ketones is 2. The normalized spacial score (nSPS) is 10.8. The van der Waals surface area contributed by atoms with Crippen molar-refractivity contribution in [2.24, 2.45) is 0 Å².